The Balaban J connectivity index is 1.24. The quantitative estimate of drug-likeness (QED) is 0.448. The van der Waals surface area contributed by atoms with Crippen LogP contribution in [0.5, 0.6) is 5.75 Å². The maximum Gasteiger partial charge on any atom is 0.222 e. The van der Waals surface area contributed by atoms with Crippen LogP contribution in [0, 0.1) is 22.7 Å². The number of piperazine rings is 1. The van der Waals surface area contributed by atoms with Crippen molar-refractivity contribution in [3.05, 3.63) is 24.3 Å². The van der Waals surface area contributed by atoms with Gasteiger partial charge >= 0.3 is 0 Å². The summed E-state index contributed by atoms with van der Waals surface area (Å²) >= 11 is 0. The fraction of sp³-hybridized carbons (Fsp3) is 0.788. The summed E-state index contributed by atoms with van der Waals surface area (Å²) in [5, 5.41) is 15.2. The van der Waals surface area contributed by atoms with Crippen molar-refractivity contribution in [2.45, 2.75) is 103 Å². The Morgan fingerprint density at radius 3 is 2.46 bits per heavy atom. The average molecular weight is 540 g/mol. The van der Waals surface area contributed by atoms with Crippen molar-refractivity contribution in [2.24, 2.45) is 22.7 Å². The number of aliphatic hydroxyl groups is 1. The molecule has 4 atom stereocenters. The molecule has 3 aliphatic carbocycles. The lowest BCUT2D eigenvalue weighted by molar-refractivity contribution is -0.133. The minimum absolute atomic E-state index is 0.0926. The van der Waals surface area contributed by atoms with Crippen LogP contribution in [0.15, 0.2) is 24.3 Å². The summed E-state index contributed by atoms with van der Waals surface area (Å²) in [7, 11) is 1.72. The molecule has 0 radical (unpaired) electrons. The third-order valence-electron chi connectivity index (χ3n) is 11.1. The molecule has 3 saturated carbocycles. The summed E-state index contributed by atoms with van der Waals surface area (Å²) in [6.45, 7) is 11.2. The average Bonchev–Trinajstić information content (AvgIpc) is 3.16. The summed E-state index contributed by atoms with van der Waals surface area (Å²) < 4.78 is 5.57. The van der Waals surface area contributed by atoms with Crippen LogP contribution < -0.4 is 15.0 Å². The zero-order chi connectivity index (χ0) is 27.7. The fourth-order valence-corrected chi connectivity index (χ4v) is 8.80. The lowest BCUT2D eigenvalue weighted by Gasteiger charge is -2.51. The third-order valence-corrected chi connectivity index (χ3v) is 11.1. The van der Waals surface area contributed by atoms with E-state index in [-0.39, 0.29) is 10.8 Å². The van der Waals surface area contributed by atoms with Gasteiger partial charge in [-0.05, 0) is 93.2 Å². The Morgan fingerprint density at radius 2 is 1.74 bits per heavy atom. The number of hydrogen-bond acceptors (Lipinski definition) is 5. The SMILES string of the molecule is COc1ccccc1N1CCN(C(=O)CC[C@]23CC[C@](C)(O)C[C@H]2C(C)(C)C[C@@H]3NCC2CCCCC2)CC1. The summed E-state index contributed by atoms with van der Waals surface area (Å²) in [5.74, 6) is 2.43. The van der Waals surface area contributed by atoms with E-state index in [9.17, 15) is 9.90 Å². The number of para-hydroxylation sites is 2. The first-order valence-electron chi connectivity index (χ1n) is 15.8. The minimum Gasteiger partial charge on any atom is -0.495 e. The maximum absolute atomic E-state index is 13.6. The Labute approximate surface area is 236 Å². The second-order valence-electron chi connectivity index (χ2n) is 14.2. The van der Waals surface area contributed by atoms with Gasteiger partial charge in [0.1, 0.15) is 5.75 Å². The van der Waals surface area contributed by atoms with E-state index in [0.29, 0.717) is 24.3 Å². The molecule has 1 amide bonds. The van der Waals surface area contributed by atoms with E-state index in [4.69, 9.17) is 4.74 Å². The third kappa shape index (κ3) is 6.12. The van der Waals surface area contributed by atoms with Gasteiger partial charge in [0.2, 0.25) is 5.91 Å². The molecule has 1 saturated heterocycles. The number of nitrogens with zero attached hydrogens (tertiary/aromatic N) is 2. The molecule has 218 valence electrons. The summed E-state index contributed by atoms with van der Waals surface area (Å²) in [6.07, 6.45) is 12.3. The highest BCUT2D eigenvalue weighted by atomic mass is 16.5. The molecular weight excluding hydrogens is 486 g/mol. The molecule has 5 rings (SSSR count). The molecule has 0 aromatic heterocycles. The number of rotatable bonds is 8. The normalized spacial score (nSPS) is 33.2. The monoisotopic (exact) mass is 539 g/mol. The lowest BCUT2D eigenvalue weighted by Crippen LogP contribution is -2.53. The maximum atomic E-state index is 13.6. The van der Waals surface area contributed by atoms with Gasteiger partial charge in [0, 0.05) is 38.6 Å². The van der Waals surface area contributed by atoms with Crippen LogP contribution in [0.2, 0.25) is 0 Å². The molecule has 1 aromatic rings. The van der Waals surface area contributed by atoms with Crippen molar-refractivity contribution in [3.8, 4) is 5.75 Å². The number of anilines is 1. The molecular formula is C33H53N3O3. The zero-order valence-corrected chi connectivity index (χ0v) is 25.0. The van der Waals surface area contributed by atoms with Crippen molar-refractivity contribution in [3.63, 3.8) is 0 Å². The van der Waals surface area contributed by atoms with Crippen LogP contribution in [0.3, 0.4) is 0 Å². The molecule has 6 heteroatoms. The smallest absolute Gasteiger partial charge is 0.222 e. The Bertz CT molecular complexity index is 980. The van der Waals surface area contributed by atoms with Gasteiger partial charge in [-0.25, -0.2) is 0 Å². The van der Waals surface area contributed by atoms with Gasteiger partial charge in [-0.3, -0.25) is 4.79 Å². The minimum atomic E-state index is -0.595. The summed E-state index contributed by atoms with van der Waals surface area (Å²) in [5.41, 5.74) is 0.777. The first-order valence-corrected chi connectivity index (χ1v) is 15.8. The molecule has 4 fully saturated rings. The predicted molar refractivity (Wildman–Crippen MR) is 158 cm³/mol. The molecule has 1 aromatic carbocycles. The largest absolute Gasteiger partial charge is 0.495 e. The van der Waals surface area contributed by atoms with Crippen molar-refractivity contribution in [1.29, 1.82) is 0 Å². The molecule has 4 aliphatic rings. The molecule has 0 bridgehead atoms. The van der Waals surface area contributed by atoms with Crippen molar-refractivity contribution in [1.82, 2.24) is 10.2 Å². The van der Waals surface area contributed by atoms with Gasteiger partial charge in [0.15, 0.2) is 0 Å². The number of methoxy groups -OCH3 is 1. The second-order valence-corrected chi connectivity index (χ2v) is 14.2. The Morgan fingerprint density at radius 1 is 1.03 bits per heavy atom. The van der Waals surface area contributed by atoms with E-state index >= 15 is 0 Å². The number of carbonyl (C=O) groups is 1. The van der Waals surface area contributed by atoms with Crippen LogP contribution in [-0.2, 0) is 4.79 Å². The second kappa shape index (κ2) is 11.6. The number of amides is 1. The Hall–Kier alpha value is -1.79. The van der Waals surface area contributed by atoms with E-state index in [2.05, 4.69) is 41.1 Å². The molecule has 1 heterocycles. The van der Waals surface area contributed by atoms with E-state index in [0.717, 1.165) is 82.2 Å². The molecule has 0 unspecified atom stereocenters. The van der Waals surface area contributed by atoms with E-state index in [1.165, 1.54) is 32.1 Å². The first-order chi connectivity index (χ1) is 18.6. The first kappa shape index (κ1) is 28.7. The van der Waals surface area contributed by atoms with Gasteiger partial charge in [-0.1, -0.05) is 45.2 Å². The van der Waals surface area contributed by atoms with Crippen LogP contribution in [0.1, 0.15) is 91.4 Å². The number of carbonyl (C=O) groups excluding carboxylic acids is 1. The fourth-order valence-electron chi connectivity index (χ4n) is 8.80. The zero-order valence-electron chi connectivity index (χ0n) is 25.0. The number of hydrogen-bond donors (Lipinski definition) is 2. The molecule has 0 spiro atoms. The molecule has 6 nitrogen and oxygen atoms in total. The standard InChI is InChI=1S/C33H53N3O3/c1-31(2)23-29(34-24-25-10-6-5-7-11-25)33(17-16-32(3,38)22-28(31)33)15-14-30(37)36-20-18-35(19-21-36)26-12-8-9-13-27(26)39-4/h8-9,12-13,25,28-29,34,38H,5-7,10-11,14-24H2,1-4H3/t28-,29-,32-,33-/m0/s1. The highest BCUT2D eigenvalue weighted by molar-refractivity contribution is 5.76. The number of fused-ring (bicyclic) bond motifs is 1. The van der Waals surface area contributed by atoms with E-state index in [1.54, 1.807) is 7.11 Å². The predicted octanol–water partition coefficient (Wildman–Crippen LogP) is 5.63. The van der Waals surface area contributed by atoms with E-state index in [1.807, 2.05) is 19.1 Å². The Kier molecular flexibility index (Phi) is 8.54. The topological polar surface area (TPSA) is 65.0 Å². The van der Waals surface area contributed by atoms with Gasteiger partial charge in [-0.2, -0.15) is 0 Å². The van der Waals surface area contributed by atoms with Gasteiger partial charge in [-0.15, -0.1) is 0 Å². The van der Waals surface area contributed by atoms with Gasteiger partial charge < -0.3 is 25.0 Å². The number of benzene rings is 1. The lowest BCUT2D eigenvalue weighted by atomic mass is 9.57. The van der Waals surface area contributed by atoms with Gasteiger partial charge in [0.05, 0.1) is 18.4 Å². The highest BCUT2D eigenvalue weighted by Crippen LogP contribution is 2.64. The number of nitrogens with one attached hydrogen (secondary N) is 1. The van der Waals surface area contributed by atoms with Crippen LogP contribution in [0.4, 0.5) is 5.69 Å². The van der Waals surface area contributed by atoms with Crippen LogP contribution in [0.25, 0.3) is 0 Å². The summed E-state index contributed by atoms with van der Waals surface area (Å²) in [6, 6.07) is 8.60. The van der Waals surface area contributed by atoms with E-state index < -0.39 is 5.60 Å². The molecule has 2 N–H and O–H groups in total. The van der Waals surface area contributed by atoms with Gasteiger partial charge in [0.25, 0.3) is 0 Å². The van der Waals surface area contributed by atoms with Crippen LogP contribution >= 0.6 is 0 Å². The molecule has 39 heavy (non-hydrogen) atoms. The molecule has 1 aliphatic heterocycles. The number of ether oxygens (including phenoxy) is 1. The van der Waals surface area contributed by atoms with Crippen molar-refractivity contribution >= 4 is 11.6 Å². The van der Waals surface area contributed by atoms with Crippen molar-refractivity contribution in [2.75, 3.05) is 44.7 Å². The summed E-state index contributed by atoms with van der Waals surface area (Å²) in [4.78, 5) is 18.0. The highest BCUT2D eigenvalue weighted by Gasteiger charge is 2.61. The van der Waals surface area contributed by atoms with Crippen molar-refractivity contribution < 1.29 is 14.6 Å². The van der Waals surface area contributed by atoms with Crippen LogP contribution in [-0.4, -0.2) is 67.4 Å².